The molecule has 0 bridgehead atoms. The predicted octanol–water partition coefficient (Wildman–Crippen LogP) is 1.27. The summed E-state index contributed by atoms with van der Waals surface area (Å²) in [6, 6.07) is 5.47. The van der Waals surface area contributed by atoms with Crippen LogP contribution in [0.3, 0.4) is 0 Å². The van der Waals surface area contributed by atoms with Crippen LogP contribution in [0.5, 0.6) is 0 Å². The number of hydrogen-bond donors (Lipinski definition) is 1. The maximum absolute atomic E-state index is 10.2. The van der Waals surface area contributed by atoms with E-state index < -0.39 is 5.97 Å². The maximum Gasteiger partial charge on any atom is 0.313 e. The Kier molecular flexibility index (Phi) is 3.95. The molecule has 1 rings (SSSR count). The highest BCUT2D eigenvalue weighted by atomic mass is 32.2. The summed E-state index contributed by atoms with van der Waals surface area (Å²) < 4.78 is 0. The molecule has 0 amide bonds. The lowest BCUT2D eigenvalue weighted by Gasteiger charge is -2.00. The molecule has 1 aromatic heterocycles. The van der Waals surface area contributed by atoms with Crippen molar-refractivity contribution in [2.75, 3.05) is 5.75 Å². The fraction of sp³-hybridized carbons (Fsp3) is 0.222. The number of carboxylic acids is 1. The Morgan fingerprint density at radius 3 is 3.14 bits per heavy atom. The van der Waals surface area contributed by atoms with Crippen LogP contribution < -0.4 is 0 Å². The highest BCUT2D eigenvalue weighted by Gasteiger charge is 2.03. The van der Waals surface area contributed by atoms with E-state index in [1.807, 2.05) is 6.07 Å². The molecule has 0 unspecified atom stereocenters. The van der Waals surface area contributed by atoms with Crippen LogP contribution in [0.15, 0.2) is 18.3 Å². The highest BCUT2D eigenvalue weighted by Crippen LogP contribution is 2.13. The van der Waals surface area contributed by atoms with E-state index in [2.05, 4.69) is 4.98 Å². The Labute approximate surface area is 85.6 Å². The van der Waals surface area contributed by atoms with Gasteiger partial charge in [0.2, 0.25) is 0 Å². The third-order valence-corrected chi connectivity index (χ3v) is 2.45. The van der Waals surface area contributed by atoms with Gasteiger partial charge in [0.05, 0.1) is 5.75 Å². The molecule has 0 aromatic carbocycles. The van der Waals surface area contributed by atoms with Gasteiger partial charge in [-0.05, 0) is 11.6 Å². The number of thioether (sulfide) groups is 1. The lowest BCUT2D eigenvalue weighted by molar-refractivity contribution is -0.133. The van der Waals surface area contributed by atoms with Crippen molar-refractivity contribution >= 4 is 17.7 Å². The topological polar surface area (TPSA) is 74.0 Å². The van der Waals surface area contributed by atoms with Gasteiger partial charge in [0.15, 0.2) is 0 Å². The lowest BCUT2D eigenvalue weighted by atomic mass is 10.2. The third kappa shape index (κ3) is 3.07. The first-order valence-electron chi connectivity index (χ1n) is 3.87. The van der Waals surface area contributed by atoms with Gasteiger partial charge in [-0.25, -0.2) is 4.98 Å². The number of rotatable bonds is 4. The molecule has 0 radical (unpaired) electrons. The minimum Gasteiger partial charge on any atom is -0.481 e. The van der Waals surface area contributed by atoms with Crippen molar-refractivity contribution in [2.45, 2.75) is 5.75 Å². The summed E-state index contributed by atoms with van der Waals surface area (Å²) >= 11 is 1.25. The normalized spacial score (nSPS) is 9.36. The molecule has 1 aromatic rings. The van der Waals surface area contributed by atoms with Gasteiger partial charge in [-0.3, -0.25) is 4.79 Å². The zero-order valence-corrected chi connectivity index (χ0v) is 8.12. The first-order chi connectivity index (χ1) is 6.74. The molecule has 5 heteroatoms. The molecule has 1 N–H and O–H groups in total. The summed E-state index contributed by atoms with van der Waals surface area (Å²) in [5, 5.41) is 17.1. The number of nitriles is 1. The van der Waals surface area contributed by atoms with E-state index in [0.29, 0.717) is 11.4 Å². The molecule has 0 spiro atoms. The second kappa shape index (κ2) is 5.25. The Bertz CT molecular complexity index is 373. The molecule has 0 fully saturated rings. The minimum atomic E-state index is -0.850. The molecule has 0 saturated heterocycles. The second-order valence-electron chi connectivity index (χ2n) is 2.51. The largest absolute Gasteiger partial charge is 0.481 e. The van der Waals surface area contributed by atoms with Gasteiger partial charge < -0.3 is 5.11 Å². The molecule has 0 saturated carbocycles. The first kappa shape index (κ1) is 10.5. The minimum absolute atomic E-state index is 0.0414. The summed E-state index contributed by atoms with van der Waals surface area (Å²) in [5.74, 6) is -0.305. The number of carboxylic acid groups (broad SMARTS) is 1. The highest BCUT2D eigenvalue weighted by molar-refractivity contribution is 7.99. The van der Waals surface area contributed by atoms with Gasteiger partial charge >= 0.3 is 5.97 Å². The summed E-state index contributed by atoms with van der Waals surface area (Å²) in [5.41, 5.74) is 1.15. The van der Waals surface area contributed by atoms with E-state index in [1.165, 1.54) is 11.8 Å². The van der Waals surface area contributed by atoms with Gasteiger partial charge in [0.1, 0.15) is 11.8 Å². The summed E-state index contributed by atoms with van der Waals surface area (Å²) in [7, 11) is 0. The molecule has 72 valence electrons. The van der Waals surface area contributed by atoms with Crippen molar-refractivity contribution in [1.29, 1.82) is 5.26 Å². The maximum atomic E-state index is 10.2. The van der Waals surface area contributed by atoms with E-state index >= 15 is 0 Å². The van der Waals surface area contributed by atoms with Crippen LogP contribution in [0.1, 0.15) is 11.3 Å². The zero-order valence-electron chi connectivity index (χ0n) is 7.30. The van der Waals surface area contributed by atoms with Crippen LogP contribution in [0.2, 0.25) is 0 Å². The number of aromatic nitrogens is 1. The molecule has 0 atom stereocenters. The van der Waals surface area contributed by atoms with Crippen molar-refractivity contribution in [1.82, 2.24) is 4.98 Å². The standard InChI is InChI=1S/C9H8N2O2S/c10-4-8-7(2-1-3-11-8)5-14-6-9(12)13/h1-3H,5-6H2,(H,12,13). The molecular weight excluding hydrogens is 200 g/mol. The average molecular weight is 208 g/mol. The van der Waals surface area contributed by atoms with Crippen molar-refractivity contribution in [3.63, 3.8) is 0 Å². The number of hydrogen-bond acceptors (Lipinski definition) is 4. The van der Waals surface area contributed by atoms with Crippen molar-refractivity contribution in [3.05, 3.63) is 29.6 Å². The number of carbonyl (C=O) groups is 1. The van der Waals surface area contributed by atoms with E-state index in [4.69, 9.17) is 10.4 Å². The number of pyridine rings is 1. The van der Waals surface area contributed by atoms with E-state index in [0.717, 1.165) is 5.56 Å². The van der Waals surface area contributed by atoms with Crippen LogP contribution in [-0.2, 0) is 10.5 Å². The van der Waals surface area contributed by atoms with Gasteiger partial charge in [0.25, 0.3) is 0 Å². The van der Waals surface area contributed by atoms with E-state index in [9.17, 15) is 4.79 Å². The lowest BCUT2D eigenvalue weighted by Crippen LogP contribution is -1.99. The summed E-state index contributed by atoms with van der Waals surface area (Å²) in [4.78, 5) is 14.1. The van der Waals surface area contributed by atoms with Gasteiger partial charge in [-0.2, -0.15) is 5.26 Å². The third-order valence-electron chi connectivity index (χ3n) is 1.48. The fourth-order valence-corrected chi connectivity index (χ4v) is 1.63. The quantitative estimate of drug-likeness (QED) is 0.806. The molecule has 1 heterocycles. The Hall–Kier alpha value is -1.54. The molecule has 4 nitrogen and oxygen atoms in total. The summed E-state index contributed by atoms with van der Waals surface area (Å²) in [6.45, 7) is 0. The van der Waals surface area contributed by atoms with Crippen LogP contribution >= 0.6 is 11.8 Å². The van der Waals surface area contributed by atoms with Crippen LogP contribution in [0.4, 0.5) is 0 Å². The van der Waals surface area contributed by atoms with Gasteiger partial charge in [-0.15, -0.1) is 11.8 Å². The molecule has 0 aliphatic heterocycles. The van der Waals surface area contributed by atoms with Crippen molar-refractivity contribution in [3.8, 4) is 6.07 Å². The fourth-order valence-electron chi connectivity index (χ4n) is 0.904. The Morgan fingerprint density at radius 2 is 2.50 bits per heavy atom. The Morgan fingerprint density at radius 1 is 1.71 bits per heavy atom. The smallest absolute Gasteiger partial charge is 0.313 e. The molecule has 0 aliphatic rings. The monoisotopic (exact) mass is 208 g/mol. The van der Waals surface area contributed by atoms with Crippen molar-refractivity contribution in [2.24, 2.45) is 0 Å². The second-order valence-corrected chi connectivity index (χ2v) is 3.50. The SMILES string of the molecule is N#Cc1ncccc1CSCC(=O)O. The van der Waals surface area contributed by atoms with Crippen LogP contribution in [0.25, 0.3) is 0 Å². The van der Waals surface area contributed by atoms with Crippen LogP contribution in [0, 0.1) is 11.3 Å². The number of nitrogens with zero attached hydrogens (tertiary/aromatic N) is 2. The Balaban J connectivity index is 2.59. The molecular formula is C9H8N2O2S. The average Bonchev–Trinajstić information content (AvgIpc) is 2.18. The zero-order chi connectivity index (χ0) is 10.4. The number of aliphatic carboxylic acids is 1. The predicted molar refractivity (Wildman–Crippen MR) is 52.7 cm³/mol. The van der Waals surface area contributed by atoms with Crippen LogP contribution in [-0.4, -0.2) is 21.8 Å². The molecule has 14 heavy (non-hydrogen) atoms. The molecule has 0 aliphatic carbocycles. The van der Waals surface area contributed by atoms with Gasteiger partial charge in [0, 0.05) is 11.9 Å². The summed E-state index contributed by atoms with van der Waals surface area (Å²) in [6.07, 6.45) is 1.55. The van der Waals surface area contributed by atoms with Crippen molar-refractivity contribution < 1.29 is 9.90 Å². The first-order valence-corrected chi connectivity index (χ1v) is 5.03. The van der Waals surface area contributed by atoms with E-state index in [-0.39, 0.29) is 5.75 Å². The van der Waals surface area contributed by atoms with Gasteiger partial charge in [-0.1, -0.05) is 6.07 Å². The van der Waals surface area contributed by atoms with E-state index in [1.54, 1.807) is 18.3 Å².